The summed E-state index contributed by atoms with van der Waals surface area (Å²) in [6.07, 6.45) is -0.255. The third-order valence-corrected chi connectivity index (χ3v) is 2.44. The van der Waals surface area contributed by atoms with E-state index in [9.17, 15) is 19.2 Å². The second-order valence-electron chi connectivity index (χ2n) is 5.27. The van der Waals surface area contributed by atoms with Crippen LogP contribution in [-0.4, -0.2) is 42.1 Å². The minimum absolute atomic E-state index is 0.0138. The van der Waals surface area contributed by atoms with E-state index < -0.39 is 29.3 Å². The fraction of sp³-hybridized carbons (Fsp3) is 0.692. The van der Waals surface area contributed by atoms with Gasteiger partial charge in [0.15, 0.2) is 0 Å². The van der Waals surface area contributed by atoms with Crippen LogP contribution in [0.5, 0.6) is 0 Å². The summed E-state index contributed by atoms with van der Waals surface area (Å²) in [5, 5.41) is 13.1. The quantitative estimate of drug-likeness (QED) is 0.566. The second-order valence-corrected chi connectivity index (χ2v) is 5.27. The summed E-state index contributed by atoms with van der Waals surface area (Å²) in [6, 6.07) is -0.726. The Balaban J connectivity index is 4.02. The number of amides is 3. The van der Waals surface area contributed by atoms with Gasteiger partial charge in [-0.1, -0.05) is 13.8 Å². The van der Waals surface area contributed by atoms with Crippen molar-refractivity contribution >= 4 is 23.9 Å². The first-order valence-corrected chi connectivity index (χ1v) is 6.61. The first-order valence-electron chi connectivity index (χ1n) is 6.61. The number of carbonyl (C=O) groups is 4. The van der Waals surface area contributed by atoms with Gasteiger partial charge in [-0.25, -0.2) is 4.79 Å². The van der Waals surface area contributed by atoms with E-state index in [4.69, 9.17) is 5.11 Å². The van der Waals surface area contributed by atoms with E-state index >= 15 is 0 Å². The fourth-order valence-electron chi connectivity index (χ4n) is 1.63. The number of hydrogen-bond acceptors (Lipinski definition) is 5. The van der Waals surface area contributed by atoms with E-state index in [2.05, 4.69) is 15.4 Å². The van der Waals surface area contributed by atoms with Crippen molar-refractivity contribution < 1.29 is 29.0 Å². The van der Waals surface area contributed by atoms with Gasteiger partial charge in [-0.05, 0) is 12.3 Å². The molecule has 0 heterocycles. The monoisotopic (exact) mass is 302 g/mol. The molecule has 3 N–H and O–H groups in total. The Hall–Kier alpha value is -2.12. The zero-order valence-corrected chi connectivity index (χ0v) is 12.5. The number of imide groups is 1. The number of hydrogen-bond donors (Lipinski definition) is 3. The van der Waals surface area contributed by atoms with Crippen LogP contribution in [0.25, 0.3) is 0 Å². The van der Waals surface area contributed by atoms with Crippen LogP contribution < -0.4 is 10.6 Å². The Bertz CT molecular complexity index is 405. The molecule has 0 bridgehead atoms. The maximum atomic E-state index is 11.6. The van der Waals surface area contributed by atoms with Crippen molar-refractivity contribution in [1.29, 1.82) is 0 Å². The third kappa shape index (κ3) is 10.3. The Labute approximate surface area is 123 Å². The molecule has 120 valence electrons. The highest BCUT2D eigenvalue weighted by Crippen LogP contribution is 2.24. The maximum absolute atomic E-state index is 11.6. The number of esters is 1. The van der Waals surface area contributed by atoms with Gasteiger partial charge in [0.1, 0.15) is 0 Å². The summed E-state index contributed by atoms with van der Waals surface area (Å²) >= 11 is 0. The van der Waals surface area contributed by atoms with Gasteiger partial charge in [-0.3, -0.25) is 19.7 Å². The lowest BCUT2D eigenvalue weighted by Gasteiger charge is -2.21. The Morgan fingerprint density at radius 1 is 1.14 bits per heavy atom. The zero-order valence-electron chi connectivity index (χ0n) is 12.5. The molecule has 0 aliphatic carbocycles. The van der Waals surface area contributed by atoms with Gasteiger partial charge in [0.05, 0.1) is 19.4 Å². The SMILES string of the molecule is CCOC(=O)CCNC(=O)NC(=O)CC(C)(C)CC(=O)O. The van der Waals surface area contributed by atoms with Crippen molar-refractivity contribution in [1.82, 2.24) is 10.6 Å². The largest absolute Gasteiger partial charge is 0.481 e. The fourth-order valence-corrected chi connectivity index (χ4v) is 1.63. The van der Waals surface area contributed by atoms with Crippen LogP contribution in [0.15, 0.2) is 0 Å². The molecular weight excluding hydrogens is 280 g/mol. The minimum Gasteiger partial charge on any atom is -0.481 e. The number of carboxylic acid groups (broad SMARTS) is 1. The predicted octanol–water partition coefficient (Wildman–Crippen LogP) is 0.656. The van der Waals surface area contributed by atoms with Crippen LogP contribution in [0, 0.1) is 5.41 Å². The Morgan fingerprint density at radius 3 is 2.29 bits per heavy atom. The van der Waals surface area contributed by atoms with E-state index in [1.807, 2.05) is 0 Å². The smallest absolute Gasteiger partial charge is 0.321 e. The number of ether oxygens (including phenoxy) is 1. The van der Waals surface area contributed by atoms with Gasteiger partial charge in [0, 0.05) is 13.0 Å². The van der Waals surface area contributed by atoms with Gasteiger partial charge in [-0.2, -0.15) is 0 Å². The Kier molecular flexibility index (Phi) is 8.03. The number of carbonyl (C=O) groups excluding carboxylic acids is 3. The van der Waals surface area contributed by atoms with Crippen LogP contribution in [-0.2, 0) is 19.1 Å². The molecule has 0 aromatic carbocycles. The van der Waals surface area contributed by atoms with Gasteiger partial charge in [0.2, 0.25) is 5.91 Å². The van der Waals surface area contributed by atoms with Crippen molar-refractivity contribution in [2.24, 2.45) is 5.41 Å². The molecule has 0 saturated heterocycles. The molecule has 0 fully saturated rings. The van der Waals surface area contributed by atoms with E-state index in [1.54, 1.807) is 20.8 Å². The summed E-state index contributed by atoms with van der Waals surface area (Å²) in [5.74, 6) is -2.02. The topological polar surface area (TPSA) is 122 Å². The van der Waals surface area contributed by atoms with Gasteiger partial charge < -0.3 is 15.2 Å². The van der Waals surface area contributed by atoms with E-state index in [0.29, 0.717) is 0 Å². The summed E-state index contributed by atoms with van der Waals surface area (Å²) < 4.78 is 4.67. The van der Waals surface area contributed by atoms with Crippen molar-refractivity contribution in [3.8, 4) is 0 Å². The first-order chi connectivity index (χ1) is 9.66. The highest BCUT2D eigenvalue weighted by atomic mass is 16.5. The average Bonchev–Trinajstić information content (AvgIpc) is 2.25. The molecule has 8 nitrogen and oxygen atoms in total. The molecule has 3 amide bonds. The molecule has 0 aliphatic heterocycles. The molecule has 0 aromatic heterocycles. The van der Waals surface area contributed by atoms with Crippen molar-refractivity contribution in [3.05, 3.63) is 0 Å². The highest BCUT2D eigenvalue weighted by molar-refractivity contribution is 5.94. The average molecular weight is 302 g/mol. The predicted molar refractivity (Wildman–Crippen MR) is 73.4 cm³/mol. The van der Waals surface area contributed by atoms with E-state index in [1.165, 1.54) is 0 Å². The minimum atomic E-state index is -1.01. The van der Waals surface area contributed by atoms with Crippen molar-refractivity contribution in [2.45, 2.75) is 40.0 Å². The standard InChI is InChI=1S/C13H22N2O6/c1-4-21-11(19)5-6-14-12(20)15-9(16)7-13(2,3)8-10(17)18/h4-8H2,1-3H3,(H,17,18)(H2,14,15,16,20). The van der Waals surface area contributed by atoms with Crippen LogP contribution in [0.4, 0.5) is 4.79 Å². The van der Waals surface area contributed by atoms with Crippen LogP contribution in [0.3, 0.4) is 0 Å². The molecule has 21 heavy (non-hydrogen) atoms. The summed E-state index contributed by atoms with van der Waals surface area (Å²) in [6.45, 7) is 5.24. The molecule has 0 unspecified atom stereocenters. The molecule has 0 spiro atoms. The Morgan fingerprint density at radius 2 is 1.76 bits per heavy atom. The lowest BCUT2D eigenvalue weighted by atomic mass is 9.85. The van der Waals surface area contributed by atoms with Gasteiger partial charge >= 0.3 is 18.0 Å². The lowest BCUT2D eigenvalue weighted by Crippen LogP contribution is -2.41. The lowest BCUT2D eigenvalue weighted by molar-refractivity contribution is -0.143. The number of nitrogens with one attached hydrogen (secondary N) is 2. The molecule has 8 heteroatoms. The normalized spacial score (nSPS) is 10.6. The van der Waals surface area contributed by atoms with Crippen molar-refractivity contribution in [3.63, 3.8) is 0 Å². The van der Waals surface area contributed by atoms with Gasteiger partial charge in [-0.15, -0.1) is 0 Å². The molecule has 0 atom stereocenters. The number of rotatable bonds is 8. The number of urea groups is 1. The van der Waals surface area contributed by atoms with Gasteiger partial charge in [0.25, 0.3) is 0 Å². The molecular formula is C13H22N2O6. The first kappa shape index (κ1) is 18.9. The second kappa shape index (κ2) is 8.93. The molecule has 0 aromatic rings. The zero-order chi connectivity index (χ0) is 16.5. The molecule has 0 rings (SSSR count). The maximum Gasteiger partial charge on any atom is 0.321 e. The van der Waals surface area contributed by atoms with E-state index in [0.717, 1.165) is 0 Å². The number of aliphatic carboxylic acids is 1. The highest BCUT2D eigenvalue weighted by Gasteiger charge is 2.25. The summed E-state index contributed by atoms with van der Waals surface area (Å²) in [4.78, 5) is 44.6. The van der Waals surface area contributed by atoms with Crippen LogP contribution in [0.1, 0.15) is 40.0 Å². The van der Waals surface area contributed by atoms with Crippen LogP contribution >= 0.6 is 0 Å². The van der Waals surface area contributed by atoms with Crippen molar-refractivity contribution in [2.75, 3.05) is 13.2 Å². The third-order valence-electron chi connectivity index (χ3n) is 2.44. The van der Waals surface area contributed by atoms with Crippen LogP contribution in [0.2, 0.25) is 0 Å². The molecule has 0 radical (unpaired) electrons. The summed E-state index contributed by atoms with van der Waals surface area (Å²) in [7, 11) is 0. The van der Waals surface area contributed by atoms with E-state index in [-0.39, 0.29) is 32.4 Å². The number of carboxylic acids is 1. The molecule has 0 saturated carbocycles. The molecule has 0 aliphatic rings. The summed E-state index contributed by atoms with van der Waals surface area (Å²) in [5.41, 5.74) is -0.749.